The van der Waals surface area contributed by atoms with Crippen LogP contribution >= 0.6 is 0 Å². The van der Waals surface area contributed by atoms with Crippen LogP contribution in [0, 0.1) is 0 Å². The summed E-state index contributed by atoms with van der Waals surface area (Å²) in [6.07, 6.45) is -0.0628. The third kappa shape index (κ3) is 6.31. The molecule has 1 atom stereocenters. The summed E-state index contributed by atoms with van der Waals surface area (Å²) < 4.78 is 0. The van der Waals surface area contributed by atoms with Gasteiger partial charge in [-0.2, -0.15) is 0 Å². The Morgan fingerprint density at radius 3 is 2.50 bits per heavy atom. The number of rotatable bonds is 10. The molecule has 0 rings (SSSR count). The van der Waals surface area contributed by atoms with Crippen LogP contribution in [0.25, 0.3) is 0 Å². The molecule has 0 saturated heterocycles. The van der Waals surface area contributed by atoms with Crippen LogP contribution in [0.2, 0.25) is 0 Å². The van der Waals surface area contributed by atoms with Gasteiger partial charge in [-0.15, -0.1) is 0 Å². The van der Waals surface area contributed by atoms with Crippen LogP contribution in [0.1, 0.15) is 6.42 Å². The highest BCUT2D eigenvalue weighted by Gasteiger charge is 2.22. The molecule has 0 fully saturated rings. The molecule has 1 amide bonds. The lowest BCUT2D eigenvalue weighted by Crippen LogP contribution is -2.43. The quantitative estimate of drug-likeness (QED) is 0.428. The smallest absolute Gasteiger partial charge is 0.321 e. The van der Waals surface area contributed by atoms with Gasteiger partial charge in [0.1, 0.15) is 6.04 Å². The number of amides is 1. The number of likely N-dealkylation sites (N-methyl/N-ethyl adjacent to an activating group) is 2. The van der Waals surface area contributed by atoms with E-state index in [9.17, 15) is 9.59 Å². The Kier molecular flexibility index (Phi) is 8.77. The molecule has 18 heavy (non-hydrogen) atoms. The van der Waals surface area contributed by atoms with E-state index in [2.05, 4.69) is 22.3 Å². The minimum Gasteiger partial charge on any atom is -0.480 e. The molecule has 0 saturated carbocycles. The zero-order chi connectivity index (χ0) is 14.0. The fourth-order valence-corrected chi connectivity index (χ4v) is 1.42. The first-order valence-corrected chi connectivity index (χ1v) is 5.81. The van der Waals surface area contributed by atoms with Crippen molar-refractivity contribution in [1.29, 1.82) is 0 Å². The van der Waals surface area contributed by atoms with Crippen molar-refractivity contribution < 1.29 is 14.7 Å². The average Bonchev–Trinajstić information content (AvgIpc) is 2.35. The number of nitrogens with one attached hydrogen (secondary N) is 2. The van der Waals surface area contributed by atoms with E-state index >= 15 is 0 Å². The maximum atomic E-state index is 12.0. The van der Waals surface area contributed by atoms with Gasteiger partial charge >= 0.3 is 5.97 Å². The molecule has 0 aliphatic carbocycles. The molecule has 0 aromatic rings. The van der Waals surface area contributed by atoms with Gasteiger partial charge in [0.15, 0.2) is 0 Å². The summed E-state index contributed by atoms with van der Waals surface area (Å²) in [6, 6.07) is -0.855. The van der Waals surface area contributed by atoms with Gasteiger partial charge in [-0.3, -0.25) is 14.6 Å². The molecular weight excluding hydrogens is 236 g/mol. The highest BCUT2D eigenvalue weighted by molar-refractivity contribution is 5.84. The maximum absolute atomic E-state index is 12.0. The molecule has 0 aliphatic heterocycles. The number of hydrogen-bond donors (Lipinski definition) is 3. The first kappa shape index (κ1) is 16.5. The third-order valence-corrected chi connectivity index (χ3v) is 2.54. The van der Waals surface area contributed by atoms with Crippen LogP contribution in [0.3, 0.4) is 0 Å². The van der Waals surface area contributed by atoms with Crippen LogP contribution in [-0.4, -0.2) is 74.9 Å². The number of carboxylic acids is 1. The monoisotopic (exact) mass is 258 g/mol. The minimum absolute atomic E-state index is 0.0628. The lowest BCUT2D eigenvalue weighted by Gasteiger charge is -2.23. The highest BCUT2D eigenvalue weighted by Crippen LogP contribution is 1.99. The molecule has 7 nitrogen and oxygen atoms in total. The van der Waals surface area contributed by atoms with E-state index in [1.54, 1.807) is 11.9 Å². The molecule has 1 unspecified atom stereocenters. The summed E-state index contributed by atoms with van der Waals surface area (Å²) in [6.45, 7) is 5.46. The summed E-state index contributed by atoms with van der Waals surface area (Å²) in [7, 11) is 3.32. The second-order valence-corrected chi connectivity index (χ2v) is 3.82. The summed E-state index contributed by atoms with van der Waals surface area (Å²) >= 11 is 0. The van der Waals surface area contributed by atoms with Crippen LogP contribution < -0.4 is 10.6 Å². The lowest BCUT2D eigenvalue weighted by atomic mass is 10.2. The Labute approximate surface area is 107 Å². The summed E-state index contributed by atoms with van der Waals surface area (Å²) in [4.78, 5) is 28.1. The van der Waals surface area contributed by atoms with Crippen molar-refractivity contribution in [3.63, 3.8) is 0 Å². The third-order valence-electron chi connectivity index (χ3n) is 2.54. The number of aliphatic imine (C=N–C) groups is 1. The number of carbonyl (C=O) groups is 2. The predicted molar refractivity (Wildman–Crippen MR) is 70.0 cm³/mol. The molecule has 0 aliphatic rings. The molecule has 0 aromatic heterocycles. The standard InChI is InChI=1S/C11H22N4O3/c1-12-4-6-15(7-5-13-2)10(16)8-9(14-3)11(17)18/h9,13-14H,1,4-8H2,2-3H3,(H,17,18). The fourth-order valence-electron chi connectivity index (χ4n) is 1.42. The Morgan fingerprint density at radius 2 is 2.06 bits per heavy atom. The van der Waals surface area contributed by atoms with Crippen molar-refractivity contribution in [3.8, 4) is 0 Å². The number of nitrogens with zero attached hydrogens (tertiary/aromatic N) is 2. The average molecular weight is 258 g/mol. The van der Waals surface area contributed by atoms with Gasteiger partial charge in [0.25, 0.3) is 0 Å². The topological polar surface area (TPSA) is 94.0 Å². The van der Waals surface area contributed by atoms with E-state index in [1.165, 1.54) is 7.05 Å². The van der Waals surface area contributed by atoms with Crippen molar-refractivity contribution >= 4 is 18.6 Å². The normalized spacial score (nSPS) is 11.9. The summed E-state index contributed by atoms with van der Waals surface area (Å²) in [5, 5.41) is 14.4. The summed E-state index contributed by atoms with van der Waals surface area (Å²) in [5.41, 5.74) is 0. The molecule has 3 N–H and O–H groups in total. The highest BCUT2D eigenvalue weighted by atomic mass is 16.4. The Hall–Kier alpha value is -1.47. The Morgan fingerprint density at radius 1 is 1.39 bits per heavy atom. The van der Waals surface area contributed by atoms with Gasteiger partial charge in [-0.05, 0) is 20.8 Å². The number of aliphatic carboxylic acids is 1. The van der Waals surface area contributed by atoms with Crippen LogP contribution in [0.5, 0.6) is 0 Å². The SMILES string of the molecule is C=NCCN(CCNC)C(=O)CC(NC)C(=O)O. The summed E-state index contributed by atoms with van der Waals surface area (Å²) in [5.74, 6) is -1.23. The lowest BCUT2D eigenvalue weighted by molar-refractivity contribution is -0.143. The largest absolute Gasteiger partial charge is 0.480 e. The van der Waals surface area contributed by atoms with Crippen molar-refractivity contribution in [1.82, 2.24) is 15.5 Å². The molecule has 0 heterocycles. The zero-order valence-electron chi connectivity index (χ0n) is 11.0. The van der Waals surface area contributed by atoms with E-state index in [0.29, 0.717) is 26.2 Å². The van der Waals surface area contributed by atoms with Crippen molar-refractivity contribution in [2.75, 3.05) is 40.3 Å². The maximum Gasteiger partial charge on any atom is 0.321 e. The minimum atomic E-state index is -1.03. The molecular formula is C11H22N4O3. The zero-order valence-corrected chi connectivity index (χ0v) is 11.0. The molecule has 0 bridgehead atoms. The Bertz CT molecular complexity index is 283. The molecule has 0 radical (unpaired) electrons. The van der Waals surface area contributed by atoms with E-state index in [-0.39, 0.29) is 12.3 Å². The van der Waals surface area contributed by atoms with Gasteiger partial charge in [-0.1, -0.05) is 0 Å². The number of hydrogen-bond acceptors (Lipinski definition) is 5. The van der Waals surface area contributed by atoms with Crippen molar-refractivity contribution in [3.05, 3.63) is 0 Å². The van der Waals surface area contributed by atoms with Crippen LogP contribution in [0.4, 0.5) is 0 Å². The van der Waals surface area contributed by atoms with Crippen molar-refractivity contribution in [2.24, 2.45) is 4.99 Å². The van der Waals surface area contributed by atoms with Gasteiger partial charge < -0.3 is 20.6 Å². The van der Waals surface area contributed by atoms with Gasteiger partial charge in [0.2, 0.25) is 5.91 Å². The van der Waals surface area contributed by atoms with Gasteiger partial charge in [-0.25, -0.2) is 0 Å². The van der Waals surface area contributed by atoms with E-state index in [4.69, 9.17) is 5.11 Å². The van der Waals surface area contributed by atoms with Gasteiger partial charge in [0.05, 0.1) is 13.0 Å². The fraction of sp³-hybridized carbons (Fsp3) is 0.727. The first-order valence-electron chi connectivity index (χ1n) is 5.81. The van der Waals surface area contributed by atoms with Gasteiger partial charge in [0, 0.05) is 19.6 Å². The van der Waals surface area contributed by atoms with E-state index in [1.807, 2.05) is 0 Å². The van der Waals surface area contributed by atoms with E-state index in [0.717, 1.165) is 0 Å². The van der Waals surface area contributed by atoms with Crippen molar-refractivity contribution in [2.45, 2.75) is 12.5 Å². The Balaban J connectivity index is 4.42. The van der Waals surface area contributed by atoms with E-state index < -0.39 is 12.0 Å². The second kappa shape index (κ2) is 9.55. The number of carbonyl (C=O) groups excluding carboxylic acids is 1. The predicted octanol–water partition coefficient (Wildman–Crippen LogP) is -1.20. The second-order valence-electron chi connectivity index (χ2n) is 3.82. The number of carboxylic acid groups (broad SMARTS) is 1. The molecule has 7 heteroatoms. The van der Waals surface area contributed by atoms with Crippen LogP contribution in [-0.2, 0) is 9.59 Å². The molecule has 0 aromatic carbocycles. The molecule has 0 spiro atoms. The van der Waals surface area contributed by atoms with Crippen LogP contribution in [0.15, 0.2) is 4.99 Å². The molecule has 104 valence electrons. The first-order chi connectivity index (χ1) is 8.56.